The molecule has 0 saturated heterocycles. The van der Waals surface area contributed by atoms with E-state index in [0.717, 1.165) is 54.6 Å². The molecule has 0 heterocycles. The van der Waals surface area contributed by atoms with Crippen LogP contribution in [0.2, 0.25) is 0 Å². The van der Waals surface area contributed by atoms with Crippen molar-refractivity contribution in [3.05, 3.63) is 46.1 Å². The number of benzene rings is 1. The Morgan fingerprint density at radius 1 is 1.25 bits per heavy atom. The van der Waals surface area contributed by atoms with Gasteiger partial charge in [-0.3, -0.25) is 0 Å². The minimum Gasteiger partial charge on any atom is -0.507 e. The zero-order valence-electron chi connectivity index (χ0n) is 21.0. The maximum absolute atomic E-state index is 11.5. The van der Waals surface area contributed by atoms with Gasteiger partial charge in [0.25, 0.3) is 0 Å². The molecule has 0 amide bonds. The molecule has 2 aliphatic carbocycles. The van der Waals surface area contributed by atoms with E-state index in [1.807, 2.05) is 32.9 Å². The first-order valence-corrected chi connectivity index (χ1v) is 11.9. The van der Waals surface area contributed by atoms with E-state index in [1.54, 1.807) is 7.11 Å². The Kier molecular flexibility index (Phi) is 6.89. The number of allylic oxidation sites excluding steroid dienone is 3. The van der Waals surface area contributed by atoms with Crippen molar-refractivity contribution in [1.82, 2.24) is 0 Å². The smallest absolute Gasteiger partial charge is 0.122 e. The highest BCUT2D eigenvalue weighted by Gasteiger charge is 2.56. The topological polar surface area (TPSA) is 69.9 Å². The second-order valence-electron chi connectivity index (χ2n) is 11.4. The quantitative estimate of drug-likeness (QED) is 0.453. The van der Waals surface area contributed by atoms with Crippen LogP contribution in [0.4, 0.5) is 0 Å². The van der Waals surface area contributed by atoms with E-state index in [-0.39, 0.29) is 10.8 Å². The molecule has 3 atom stereocenters. The predicted molar refractivity (Wildman–Crippen MR) is 130 cm³/mol. The summed E-state index contributed by atoms with van der Waals surface area (Å²) in [7, 11) is 1.64. The number of aliphatic hydroxyl groups is 2. The van der Waals surface area contributed by atoms with Gasteiger partial charge in [0.2, 0.25) is 0 Å². The number of aryl methyl sites for hydroxylation is 1. The molecule has 1 saturated carbocycles. The van der Waals surface area contributed by atoms with E-state index < -0.39 is 11.7 Å². The summed E-state index contributed by atoms with van der Waals surface area (Å²) in [6.45, 7) is 12.2. The minimum absolute atomic E-state index is 0.0906. The summed E-state index contributed by atoms with van der Waals surface area (Å²) in [5, 5.41) is 32.6. The number of phenols is 1. The monoisotopic (exact) mass is 442 g/mol. The van der Waals surface area contributed by atoms with Crippen molar-refractivity contribution in [1.29, 1.82) is 0 Å². The molecule has 1 aromatic carbocycles. The first-order valence-electron chi connectivity index (χ1n) is 11.9. The van der Waals surface area contributed by atoms with Crippen molar-refractivity contribution in [2.45, 2.75) is 98.2 Å². The van der Waals surface area contributed by atoms with Gasteiger partial charge in [-0.1, -0.05) is 37.5 Å². The molecule has 0 radical (unpaired) electrons. The van der Waals surface area contributed by atoms with Crippen LogP contribution in [0.5, 0.6) is 11.5 Å². The lowest BCUT2D eigenvalue weighted by atomic mass is 9.55. The van der Waals surface area contributed by atoms with Crippen LogP contribution >= 0.6 is 0 Å². The molecule has 1 aromatic rings. The molecule has 4 heteroatoms. The summed E-state index contributed by atoms with van der Waals surface area (Å²) in [6.07, 6.45) is 7.87. The molecule has 0 bridgehead atoms. The molecule has 2 aliphatic rings. The molecule has 3 N–H and O–H groups in total. The molecule has 0 spiro atoms. The zero-order chi connectivity index (χ0) is 23.9. The van der Waals surface area contributed by atoms with Crippen molar-refractivity contribution in [3.63, 3.8) is 0 Å². The lowest BCUT2D eigenvalue weighted by molar-refractivity contribution is -0.0373. The standard InChI is InChI=1S/C28H42O4/c1-18(9-10-20-15-22(32-7)14-19(2)24(20)29)13-21-16-27(5)11-8-12-28(27,6)25(30)23(21)17-26(3,4)31/h9,14-15,25,29-31H,8,10-13,16-17H2,1-7H3. The van der Waals surface area contributed by atoms with Gasteiger partial charge >= 0.3 is 0 Å². The van der Waals surface area contributed by atoms with E-state index in [0.29, 0.717) is 18.6 Å². The van der Waals surface area contributed by atoms with Crippen LogP contribution in [0, 0.1) is 17.8 Å². The second-order valence-corrected chi connectivity index (χ2v) is 11.4. The SMILES string of the molecule is COc1cc(C)c(O)c(CC=C(C)CC2=C(CC(C)(C)O)C(O)C3(C)CCCC3(C)C2)c1. The van der Waals surface area contributed by atoms with E-state index in [9.17, 15) is 15.3 Å². The zero-order valence-corrected chi connectivity index (χ0v) is 21.0. The van der Waals surface area contributed by atoms with Crippen molar-refractivity contribution >= 4 is 0 Å². The van der Waals surface area contributed by atoms with Gasteiger partial charge in [-0.2, -0.15) is 0 Å². The molecule has 178 valence electrons. The molecule has 1 fully saturated rings. The van der Waals surface area contributed by atoms with Crippen LogP contribution in [-0.4, -0.2) is 34.1 Å². The van der Waals surface area contributed by atoms with Gasteiger partial charge < -0.3 is 20.1 Å². The number of hydrogen-bond acceptors (Lipinski definition) is 4. The first-order chi connectivity index (χ1) is 14.8. The summed E-state index contributed by atoms with van der Waals surface area (Å²) in [5.41, 5.74) is 4.30. The molecule has 4 nitrogen and oxygen atoms in total. The third-order valence-electron chi connectivity index (χ3n) is 8.17. The normalized spacial score (nSPS) is 28.8. The Labute approximate surface area is 194 Å². The van der Waals surface area contributed by atoms with Crippen LogP contribution in [0.3, 0.4) is 0 Å². The van der Waals surface area contributed by atoms with Gasteiger partial charge in [-0.05, 0) is 94.9 Å². The van der Waals surface area contributed by atoms with E-state index in [4.69, 9.17) is 4.74 Å². The average Bonchev–Trinajstić information content (AvgIpc) is 3.00. The highest BCUT2D eigenvalue weighted by atomic mass is 16.5. The second kappa shape index (κ2) is 8.87. The summed E-state index contributed by atoms with van der Waals surface area (Å²) in [4.78, 5) is 0. The molecule has 3 rings (SSSR count). The number of ether oxygens (including phenoxy) is 1. The molecular weight excluding hydrogens is 400 g/mol. The van der Waals surface area contributed by atoms with Gasteiger partial charge in [-0.15, -0.1) is 0 Å². The van der Waals surface area contributed by atoms with Crippen LogP contribution in [0.15, 0.2) is 34.9 Å². The number of phenolic OH excluding ortho intramolecular Hbond substituents is 1. The Bertz CT molecular complexity index is 920. The van der Waals surface area contributed by atoms with E-state index in [2.05, 4.69) is 26.8 Å². The maximum atomic E-state index is 11.5. The number of hydrogen-bond donors (Lipinski definition) is 3. The van der Waals surface area contributed by atoms with Gasteiger partial charge in [0.1, 0.15) is 11.5 Å². The van der Waals surface area contributed by atoms with Crippen molar-refractivity contribution in [2.75, 3.05) is 7.11 Å². The Balaban J connectivity index is 1.90. The largest absolute Gasteiger partial charge is 0.507 e. The van der Waals surface area contributed by atoms with Gasteiger partial charge in [0, 0.05) is 11.0 Å². The molecule has 0 aromatic heterocycles. The number of fused-ring (bicyclic) bond motifs is 1. The van der Waals surface area contributed by atoms with Gasteiger partial charge in [0.05, 0.1) is 18.8 Å². The maximum Gasteiger partial charge on any atom is 0.122 e. The van der Waals surface area contributed by atoms with Crippen LogP contribution < -0.4 is 4.74 Å². The highest BCUT2D eigenvalue weighted by Crippen LogP contribution is 2.62. The fraction of sp³-hybridized carbons (Fsp3) is 0.643. The lowest BCUT2D eigenvalue weighted by Gasteiger charge is -2.51. The van der Waals surface area contributed by atoms with Gasteiger partial charge in [-0.25, -0.2) is 0 Å². The minimum atomic E-state index is -0.855. The number of methoxy groups -OCH3 is 1. The fourth-order valence-electron chi connectivity index (χ4n) is 6.00. The Hall–Kier alpha value is -1.78. The number of rotatable bonds is 7. The van der Waals surface area contributed by atoms with Crippen molar-refractivity contribution in [3.8, 4) is 11.5 Å². The summed E-state index contributed by atoms with van der Waals surface area (Å²) in [5.74, 6) is 1.07. The molecular formula is C28H42O4. The van der Waals surface area contributed by atoms with E-state index >= 15 is 0 Å². The first kappa shape index (κ1) is 24.9. The summed E-state index contributed by atoms with van der Waals surface area (Å²) in [6, 6.07) is 3.73. The van der Waals surface area contributed by atoms with Crippen LogP contribution in [0.1, 0.15) is 84.3 Å². The van der Waals surface area contributed by atoms with Crippen molar-refractivity contribution < 1.29 is 20.1 Å². The Morgan fingerprint density at radius 2 is 1.94 bits per heavy atom. The third kappa shape index (κ3) is 4.77. The van der Waals surface area contributed by atoms with Crippen molar-refractivity contribution in [2.24, 2.45) is 10.8 Å². The average molecular weight is 443 g/mol. The summed E-state index contributed by atoms with van der Waals surface area (Å²) >= 11 is 0. The number of aliphatic hydroxyl groups excluding tert-OH is 1. The third-order valence-corrected chi connectivity index (χ3v) is 8.17. The highest BCUT2D eigenvalue weighted by molar-refractivity contribution is 5.46. The molecule has 3 unspecified atom stereocenters. The number of aromatic hydroxyl groups is 1. The van der Waals surface area contributed by atoms with Gasteiger partial charge in [0.15, 0.2) is 0 Å². The predicted octanol–water partition coefficient (Wildman–Crippen LogP) is 6.01. The fourth-order valence-corrected chi connectivity index (χ4v) is 6.00. The molecule has 0 aliphatic heterocycles. The molecule has 32 heavy (non-hydrogen) atoms. The summed E-state index contributed by atoms with van der Waals surface area (Å²) < 4.78 is 5.36. The Morgan fingerprint density at radius 3 is 2.56 bits per heavy atom. The van der Waals surface area contributed by atoms with E-state index in [1.165, 1.54) is 11.1 Å². The van der Waals surface area contributed by atoms with Crippen LogP contribution in [-0.2, 0) is 6.42 Å². The lowest BCUT2D eigenvalue weighted by Crippen LogP contribution is -2.48. The van der Waals surface area contributed by atoms with Crippen LogP contribution in [0.25, 0.3) is 0 Å².